The van der Waals surface area contributed by atoms with Crippen molar-refractivity contribution in [2.75, 3.05) is 26.2 Å². The van der Waals surface area contributed by atoms with Gasteiger partial charge in [0.15, 0.2) is 6.23 Å². The maximum Gasteiger partial charge on any atom is 0.289 e. The lowest BCUT2D eigenvalue weighted by Gasteiger charge is -2.58. The molecule has 5 heteroatoms. The van der Waals surface area contributed by atoms with E-state index in [1.165, 1.54) is 63.4 Å². The quantitative estimate of drug-likeness (QED) is 0.437. The summed E-state index contributed by atoms with van der Waals surface area (Å²) in [5.74, 6) is 3.81. The van der Waals surface area contributed by atoms with E-state index in [1.807, 2.05) is 6.26 Å². The van der Waals surface area contributed by atoms with Crippen molar-refractivity contribution >= 4 is 0 Å². The SMILES string of the molecule is CC(Oc1occc1C1CC[C@H]2[C@@H]3CCC4=CC(OCCN)CC[C@]4(C)[C@@H]3CC[C@]12C)N1CCCC1. The molecule has 0 amide bonds. The summed E-state index contributed by atoms with van der Waals surface area (Å²) in [6, 6.07) is 2.22. The first-order chi connectivity index (χ1) is 17.4. The normalized spacial score (nSPS) is 41.3. The number of nitrogens with two attached hydrogens (primary N) is 1. The molecule has 6 rings (SSSR count). The van der Waals surface area contributed by atoms with Crippen LogP contribution in [-0.4, -0.2) is 43.5 Å². The van der Waals surface area contributed by atoms with Crippen LogP contribution in [0, 0.1) is 28.6 Å². The zero-order chi connectivity index (χ0) is 24.9. The van der Waals surface area contributed by atoms with Crippen LogP contribution in [0.5, 0.6) is 5.95 Å². The van der Waals surface area contributed by atoms with E-state index in [0.29, 0.717) is 29.9 Å². The monoisotopic (exact) mass is 496 g/mol. The van der Waals surface area contributed by atoms with Gasteiger partial charge < -0.3 is 19.6 Å². The van der Waals surface area contributed by atoms with E-state index in [9.17, 15) is 0 Å². The molecule has 36 heavy (non-hydrogen) atoms. The summed E-state index contributed by atoms with van der Waals surface area (Å²) in [4.78, 5) is 2.44. The third kappa shape index (κ3) is 4.08. The van der Waals surface area contributed by atoms with E-state index in [-0.39, 0.29) is 12.3 Å². The van der Waals surface area contributed by atoms with Crippen LogP contribution in [0.15, 0.2) is 28.4 Å². The van der Waals surface area contributed by atoms with E-state index in [2.05, 4.69) is 37.8 Å². The molecule has 5 aliphatic rings. The molecular weight excluding hydrogens is 448 g/mol. The molecule has 1 saturated heterocycles. The second-order valence-corrected chi connectivity index (χ2v) is 13.1. The Morgan fingerprint density at radius 1 is 1.08 bits per heavy atom. The molecule has 4 fully saturated rings. The zero-order valence-electron chi connectivity index (χ0n) is 22.8. The third-order valence-electron chi connectivity index (χ3n) is 11.5. The molecule has 8 atom stereocenters. The molecule has 0 aromatic carbocycles. The summed E-state index contributed by atoms with van der Waals surface area (Å²) in [5, 5.41) is 0. The topological polar surface area (TPSA) is 60.9 Å². The number of furan rings is 1. The van der Waals surface area contributed by atoms with Gasteiger partial charge in [-0.25, -0.2) is 0 Å². The highest BCUT2D eigenvalue weighted by atomic mass is 16.6. The van der Waals surface area contributed by atoms with Crippen molar-refractivity contribution in [2.45, 2.75) is 103 Å². The lowest BCUT2D eigenvalue weighted by atomic mass is 9.46. The minimum atomic E-state index is 0.0885. The Morgan fingerprint density at radius 2 is 1.92 bits per heavy atom. The molecule has 1 aromatic rings. The van der Waals surface area contributed by atoms with Gasteiger partial charge in [-0.05, 0) is 112 Å². The van der Waals surface area contributed by atoms with Crippen LogP contribution >= 0.6 is 0 Å². The number of fused-ring (bicyclic) bond motifs is 5. The number of nitrogens with zero attached hydrogens (tertiary/aromatic N) is 1. The van der Waals surface area contributed by atoms with E-state index < -0.39 is 0 Å². The molecule has 1 aliphatic heterocycles. The Hall–Kier alpha value is -1.30. The van der Waals surface area contributed by atoms with Gasteiger partial charge in [0.2, 0.25) is 0 Å². The second kappa shape index (κ2) is 9.78. The third-order valence-corrected chi connectivity index (χ3v) is 11.5. The van der Waals surface area contributed by atoms with Gasteiger partial charge in [-0.3, -0.25) is 4.90 Å². The van der Waals surface area contributed by atoms with Gasteiger partial charge >= 0.3 is 0 Å². The lowest BCUT2D eigenvalue weighted by molar-refractivity contribution is -0.0504. The number of hydrogen-bond donors (Lipinski definition) is 1. The van der Waals surface area contributed by atoms with Gasteiger partial charge in [-0.1, -0.05) is 25.5 Å². The average molecular weight is 497 g/mol. The molecule has 4 aliphatic carbocycles. The molecular formula is C31H48N2O3. The number of likely N-dealkylation sites (tertiary alicyclic amines) is 1. The first kappa shape index (κ1) is 25.0. The highest BCUT2D eigenvalue weighted by molar-refractivity contribution is 5.33. The van der Waals surface area contributed by atoms with Gasteiger partial charge in [-0.15, -0.1) is 0 Å². The van der Waals surface area contributed by atoms with Crippen LogP contribution < -0.4 is 10.5 Å². The minimum Gasteiger partial charge on any atom is -0.446 e. The van der Waals surface area contributed by atoms with Gasteiger partial charge in [0.25, 0.3) is 5.95 Å². The van der Waals surface area contributed by atoms with Crippen LogP contribution in [-0.2, 0) is 4.74 Å². The first-order valence-electron chi connectivity index (χ1n) is 14.9. The van der Waals surface area contributed by atoms with E-state index in [0.717, 1.165) is 43.2 Å². The Kier molecular flexibility index (Phi) is 6.79. The second-order valence-electron chi connectivity index (χ2n) is 13.1. The largest absolute Gasteiger partial charge is 0.446 e. The molecule has 0 radical (unpaired) electrons. The predicted molar refractivity (Wildman–Crippen MR) is 143 cm³/mol. The molecule has 5 nitrogen and oxygen atoms in total. The zero-order valence-corrected chi connectivity index (χ0v) is 22.8. The Bertz CT molecular complexity index is 951. The van der Waals surface area contributed by atoms with Gasteiger partial charge in [0, 0.05) is 25.2 Å². The summed E-state index contributed by atoms with van der Waals surface area (Å²) in [6.45, 7) is 10.9. The van der Waals surface area contributed by atoms with Crippen LogP contribution in [0.1, 0.15) is 96.5 Å². The standard InChI is InChI=1S/C31H48N2O3/c1-21(33-16-4-5-17-33)36-29-25(12-18-35-29)27-9-8-26-24-7-6-22-20-23(34-19-15-32)10-13-30(22,2)28(24)11-14-31(26,27)3/h12,18,20-21,23-24,26-28H,4-11,13-17,19,32H2,1-3H3/t21?,23?,24-,26-,27?,28+,30-,31-/m0/s1. The van der Waals surface area contributed by atoms with Crippen molar-refractivity contribution in [1.82, 2.24) is 4.90 Å². The molecule has 0 bridgehead atoms. The number of ether oxygens (including phenoxy) is 2. The van der Waals surface area contributed by atoms with Crippen molar-refractivity contribution in [3.63, 3.8) is 0 Å². The molecule has 200 valence electrons. The van der Waals surface area contributed by atoms with Crippen molar-refractivity contribution in [2.24, 2.45) is 34.3 Å². The van der Waals surface area contributed by atoms with Gasteiger partial charge in [0.1, 0.15) is 0 Å². The number of hydrogen-bond acceptors (Lipinski definition) is 5. The van der Waals surface area contributed by atoms with Crippen LogP contribution in [0.25, 0.3) is 0 Å². The smallest absolute Gasteiger partial charge is 0.289 e. The fourth-order valence-electron chi connectivity index (χ4n) is 9.55. The summed E-state index contributed by atoms with van der Waals surface area (Å²) >= 11 is 0. The van der Waals surface area contributed by atoms with E-state index >= 15 is 0 Å². The predicted octanol–water partition coefficient (Wildman–Crippen LogP) is 6.49. The van der Waals surface area contributed by atoms with Gasteiger partial charge in [0.05, 0.1) is 19.0 Å². The average Bonchev–Trinajstić information content (AvgIpc) is 3.62. The molecule has 1 aromatic heterocycles. The maximum absolute atomic E-state index is 6.47. The van der Waals surface area contributed by atoms with Crippen molar-refractivity contribution in [3.8, 4) is 5.95 Å². The molecule has 2 N–H and O–H groups in total. The Morgan fingerprint density at radius 3 is 2.72 bits per heavy atom. The van der Waals surface area contributed by atoms with E-state index in [1.54, 1.807) is 5.57 Å². The first-order valence-corrected chi connectivity index (χ1v) is 14.9. The summed E-state index contributed by atoms with van der Waals surface area (Å²) in [6.07, 6.45) is 17.6. The minimum absolute atomic E-state index is 0.0885. The van der Waals surface area contributed by atoms with E-state index in [4.69, 9.17) is 19.6 Å². The van der Waals surface area contributed by atoms with Gasteiger partial charge in [-0.2, -0.15) is 0 Å². The fraction of sp³-hybridized carbons (Fsp3) is 0.806. The summed E-state index contributed by atoms with van der Waals surface area (Å²) in [7, 11) is 0. The van der Waals surface area contributed by atoms with Crippen LogP contribution in [0.2, 0.25) is 0 Å². The number of allylic oxidation sites excluding steroid dienone is 1. The highest BCUT2D eigenvalue weighted by Crippen LogP contribution is 2.69. The molecule has 0 spiro atoms. The summed E-state index contributed by atoms with van der Waals surface area (Å²) in [5.41, 5.74) is 9.44. The van der Waals surface area contributed by atoms with Crippen LogP contribution in [0.3, 0.4) is 0 Å². The number of rotatable bonds is 7. The van der Waals surface area contributed by atoms with Crippen LogP contribution in [0.4, 0.5) is 0 Å². The molecule has 2 heterocycles. The van der Waals surface area contributed by atoms with Crippen molar-refractivity contribution < 1.29 is 13.9 Å². The highest BCUT2D eigenvalue weighted by Gasteiger charge is 2.59. The Labute approximate surface area is 218 Å². The Balaban J connectivity index is 1.19. The maximum atomic E-state index is 6.47. The summed E-state index contributed by atoms with van der Waals surface area (Å²) < 4.78 is 18.5. The molecule has 3 saturated carbocycles. The fourth-order valence-corrected chi connectivity index (χ4v) is 9.55. The lowest BCUT2D eigenvalue weighted by Crippen LogP contribution is -2.50. The molecule has 3 unspecified atom stereocenters. The van der Waals surface area contributed by atoms with Crippen molar-refractivity contribution in [1.29, 1.82) is 0 Å². The van der Waals surface area contributed by atoms with Crippen molar-refractivity contribution in [3.05, 3.63) is 29.5 Å².